The summed E-state index contributed by atoms with van der Waals surface area (Å²) in [5, 5.41) is 1.07. The summed E-state index contributed by atoms with van der Waals surface area (Å²) in [5.41, 5.74) is 4.49. The average molecular weight is 326 g/mol. The lowest BCUT2D eigenvalue weighted by atomic mass is 10.1. The lowest BCUT2D eigenvalue weighted by Crippen LogP contribution is -2.23. The van der Waals surface area contributed by atoms with E-state index in [-0.39, 0.29) is 5.56 Å². The predicted molar refractivity (Wildman–Crippen MR) is 93.3 cm³/mol. The number of nitrogens with zero attached hydrogens (tertiary/aromatic N) is 2. The van der Waals surface area contributed by atoms with Crippen molar-refractivity contribution in [2.24, 2.45) is 0 Å². The van der Waals surface area contributed by atoms with Crippen molar-refractivity contribution in [2.45, 2.75) is 19.9 Å². The molecule has 0 bridgehead atoms. The summed E-state index contributed by atoms with van der Waals surface area (Å²) in [5.74, 6) is 0.680. The van der Waals surface area contributed by atoms with Crippen LogP contribution in [0.1, 0.15) is 17.0 Å². The third kappa shape index (κ3) is 2.49. The van der Waals surface area contributed by atoms with E-state index < -0.39 is 0 Å². The third-order valence-corrected chi connectivity index (χ3v) is 4.65. The molecule has 0 atom stereocenters. The maximum absolute atomic E-state index is 12.3. The van der Waals surface area contributed by atoms with Gasteiger partial charge in [0, 0.05) is 17.3 Å². The van der Waals surface area contributed by atoms with Crippen LogP contribution < -0.4 is 10.5 Å². The smallest absolute Gasteiger partial charge is 0.258 e. The van der Waals surface area contributed by atoms with Crippen molar-refractivity contribution in [2.75, 3.05) is 11.4 Å². The van der Waals surface area contributed by atoms with Crippen LogP contribution in [0.25, 0.3) is 10.9 Å². The third-order valence-electron chi connectivity index (χ3n) is 4.42. The minimum atomic E-state index is -0.142. The molecule has 0 amide bonds. The number of rotatable bonds is 2. The molecule has 3 aromatic rings. The van der Waals surface area contributed by atoms with E-state index in [1.165, 1.54) is 16.8 Å². The molecule has 116 valence electrons. The molecule has 0 fully saturated rings. The Balaban J connectivity index is 1.71. The summed E-state index contributed by atoms with van der Waals surface area (Å²) in [7, 11) is 0. The Morgan fingerprint density at radius 2 is 2.17 bits per heavy atom. The number of aromatic nitrogens is 2. The largest absolute Gasteiger partial charge is 0.363 e. The minimum absolute atomic E-state index is 0.142. The molecule has 0 unspecified atom stereocenters. The fourth-order valence-corrected chi connectivity index (χ4v) is 3.43. The first-order valence-corrected chi connectivity index (χ1v) is 8.01. The molecule has 1 aliphatic rings. The van der Waals surface area contributed by atoms with E-state index in [1.54, 1.807) is 18.2 Å². The van der Waals surface area contributed by atoms with Crippen LogP contribution in [-0.2, 0) is 13.0 Å². The first-order chi connectivity index (χ1) is 11.1. The molecular formula is C18H16ClN3O. The molecule has 1 aromatic heterocycles. The van der Waals surface area contributed by atoms with Crippen LogP contribution in [0, 0.1) is 6.92 Å². The Hall–Kier alpha value is -2.33. The van der Waals surface area contributed by atoms with Crippen LogP contribution >= 0.6 is 11.6 Å². The van der Waals surface area contributed by atoms with E-state index in [9.17, 15) is 4.79 Å². The second-order valence-electron chi connectivity index (χ2n) is 5.92. The molecule has 0 spiro atoms. The van der Waals surface area contributed by atoms with Crippen molar-refractivity contribution < 1.29 is 0 Å². The van der Waals surface area contributed by atoms with Gasteiger partial charge in [-0.15, -0.1) is 0 Å². The van der Waals surface area contributed by atoms with Gasteiger partial charge in [0.1, 0.15) is 5.82 Å². The zero-order valence-electron chi connectivity index (χ0n) is 12.8. The highest BCUT2D eigenvalue weighted by atomic mass is 35.5. The molecule has 1 aliphatic heterocycles. The molecule has 23 heavy (non-hydrogen) atoms. The highest BCUT2D eigenvalue weighted by molar-refractivity contribution is 6.31. The highest BCUT2D eigenvalue weighted by Crippen LogP contribution is 2.31. The van der Waals surface area contributed by atoms with Crippen LogP contribution in [0.2, 0.25) is 5.02 Å². The van der Waals surface area contributed by atoms with Crippen molar-refractivity contribution in [1.29, 1.82) is 0 Å². The van der Waals surface area contributed by atoms with E-state index in [0.717, 1.165) is 13.0 Å². The Labute approximate surface area is 138 Å². The predicted octanol–water partition coefficient (Wildman–Crippen LogP) is 3.45. The average Bonchev–Trinajstić information content (AvgIpc) is 2.93. The number of benzene rings is 2. The fraction of sp³-hybridized carbons (Fsp3) is 0.222. The molecule has 2 aromatic carbocycles. The first-order valence-electron chi connectivity index (χ1n) is 7.64. The van der Waals surface area contributed by atoms with Gasteiger partial charge in [0.05, 0.1) is 17.4 Å². The van der Waals surface area contributed by atoms with E-state index >= 15 is 0 Å². The molecule has 4 rings (SSSR count). The molecule has 4 nitrogen and oxygen atoms in total. The summed E-state index contributed by atoms with van der Waals surface area (Å²) in [4.78, 5) is 22.0. The van der Waals surface area contributed by atoms with E-state index in [4.69, 9.17) is 11.6 Å². The lowest BCUT2D eigenvalue weighted by Gasteiger charge is -2.19. The molecule has 1 N–H and O–H groups in total. The Morgan fingerprint density at radius 1 is 1.30 bits per heavy atom. The van der Waals surface area contributed by atoms with Gasteiger partial charge < -0.3 is 9.88 Å². The van der Waals surface area contributed by atoms with Gasteiger partial charge in [-0.25, -0.2) is 4.98 Å². The van der Waals surface area contributed by atoms with Crippen LogP contribution in [0.15, 0.2) is 41.2 Å². The quantitative estimate of drug-likeness (QED) is 0.785. The normalized spacial score (nSPS) is 13.6. The van der Waals surface area contributed by atoms with Crippen molar-refractivity contribution in [1.82, 2.24) is 9.97 Å². The number of halogens is 1. The summed E-state index contributed by atoms with van der Waals surface area (Å²) in [6, 6.07) is 11.6. The van der Waals surface area contributed by atoms with E-state index in [1.807, 2.05) is 0 Å². The SMILES string of the molecule is Cc1cccc2c1CCN2Cc1nc2ccc(Cl)cc2c(=O)[nH]1. The maximum Gasteiger partial charge on any atom is 0.258 e. The minimum Gasteiger partial charge on any atom is -0.363 e. The van der Waals surface area contributed by atoms with Gasteiger partial charge >= 0.3 is 0 Å². The van der Waals surface area contributed by atoms with E-state index in [0.29, 0.717) is 28.3 Å². The van der Waals surface area contributed by atoms with Crippen molar-refractivity contribution in [3.8, 4) is 0 Å². The van der Waals surface area contributed by atoms with Crippen LogP contribution in [0.4, 0.5) is 5.69 Å². The van der Waals surface area contributed by atoms with Crippen LogP contribution in [-0.4, -0.2) is 16.5 Å². The number of fused-ring (bicyclic) bond motifs is 2. The van der Waals surface area contributed by atoms with Gasteiger partial charge in [-0.2, -0.15) is 0 Å². The number of hydrogen-bond donors (Lipinski definition) is 1. The number of aryl methyl sites for hydroxylation is 1. The fourth-order valence-electron chi connectivity index (χ4n) is 3.25. The standard InChI is InChI=1S/C18H16ClN3O/c1-11-3-2-4-16-13(11)7-8-22(16)10-17-20-15-6-5-12(19)9-14(15)18(23)21-17/h2-6,9H,7-8,10H2,1H3,(H,20,21,23). The number of hydrogen-bond acceptors (Lipinski definition) is 3. The number of H-pyrrole nitrogens is 1. The zero-order chi connectivity index (χ0) is 16.0. The lowest BCUT2D eigenvalue weighted by molar-refractivity contribution is 0.786. The maximum atomic E-state index is 12.3. The van der Waals surface area contributed by atoms with Gasteiger partial charge in [-0.1, -0.05) is 23.7 Å². The topological polar surface area (TPSA) is 49.0 Å². The molecule has 5 heteroatoms. The number of anilines is 1. The summed E-state index contributed by atoms with van der Waals surface area (Å²) >= 11 is 5.95. The summed E-state index contributed by atoms with van der Waals surface area (Å²) < 4.78 is 0. The Kier molecular flexibility index (Phi) is 3.34. The first kappa shape index (κ1) is 14.3. The van der Waals surface area contributed by atoms with E-state index in [2.05, 4.69) is 40.0 Å². The Morgan fingerprint density at radius 3 is 3.04 bits per heavy atom. The van der Waals surface area contributed by atoms with Gasteiger partial charge in [0.15, 0.2) is 0 Å². The molecule has 2 heterocycles. The second kappa shape index (κ2) is 5.39. The van der Waals surface area contributed by atoms with Crippen molar-refractivity contribution >= 4 is 28.2 Å². The van der Waals surface area contributed by atoms with Crippen molar-refractivity contribution in [3.05, 3.63) is 68.7 Å². The summed E-state index contributed by atoms with van der Waals surface area (Å²) in [6.07, 6.45) is 1.04. The second-order valence-corrected chi connectivity index (χ2v) is 6.35. The monoisotopic (exact) mass is 325 g/mol. The highest BCUT2D eigenvalue weighted by Gasteiger charge is 2.21. The molecule has 0 saturated heterocycles. The molecule has 0 aliphatic carbocycles. The Bertz CT molecular complexity index is 964. The molecule has 0 radical (unpaired) electrons. The molecular weight excluding hydrogens is 310 g/mol. The number of nitrogens with one attached hydrogen (secondary N) is 1. The summed E-state index contributed by atoms with van der Waals surface area (Å²) in [6.45, 7) is 3.69. The zero-order valence-corrected chi connectivity index (χ0v) is 13.5. The van der Waals surface area contributed by atoms with Gasteiger partial charge in [0.25, 0.3) is 5.56 Å². The number of aromatic amines is 1. The van der Waals surface area contributed by atoms with Gasteiger partial charge in [0.2, 0.25) is 0 Å². The van der Waals surface area contributed by atoms with Gasteiger partial charge in [-0.3, -0.25) is 4.79 Å². The van der Waals surface area contributed by atoms with Gasteiger partial charge in [-0.05, 0) is 48.7 Å². The van der Waals surface area contributed by atoms with Crippen LogP contribution in [0.3, 0.4) is 0 Å². The van der Waals surface area contributed by atoms with Crippen LogP contribution in [0.5, 0.6) is 0 Å². The van der Waals surface area contributed by atoms with Crippen molar-refractivity contribution in [3.63, 3.8) is 0 Å². The molecule has 0 saturated carbocycles.